The van der Waals surface area contributed by atoms with Crippen LogP contribution in [0.15, 0.2) is 48.5 Å². The molecule has 0 saturated carbocycles. The minimum atomic E-state index is -1.13. The highest BCUT2D eigenvalue weighted by Crippen LogP contribution is 2.28. The molecule has 1 atom stereocenters. The van der Waals surface area contributed by atoms with Crippen molar-refractivity contribution >= 4 is 29.4 Å². The summed E-state index contributed by atoms with van der Waals surface area (Å²) in [6.45, 7) is 0. The summed E-state index contributed by atoms with van der Waals surface area (Å²) in [6.07, 6.45) is 0.143. The van der Waals surface area contributed by atoms with E-state index in [1.165, 1.54) is 12.1 Å². The van der Waals surface area contributed by atoms with Gasteiger partial charge in [-0.25, -0.2) is 4.79 Å². The van der Waals surface area contributed by atoms with Crippen molar-refractivity contribution in [1.82, 2.24) is 5.06 Å². The van der Waals surface area contributed by atoms with Crippen LogP contribution in [0.2, 0.25) is 0 Å². The quantitative estimate of drug-likeness (QED) is 0.663. The molecule has 3 amide bonds. The van der Waals surface area contributed by atoms with Crippen molar-refractivity contribution in [2.45, 2.75) is 6.42 Å². The molecule has 0 fully saturated rings. The highest BCUT2D eigenvalue weighted by Gasteiger charge is 2.42. The average molecular weight is 336 g/mol. The van der Waals surface area contributed by atoms with Crippen LogP contribution in [-0.2, 0) is 20.8 Å². The van der Waals surface area contributed by atoms with Crippen molar-refractivity contribution in [1.29, 1.82) is 0 Å². The van der Waals surface area contributed by atoms with E-state index in [0.29, 0.717) is 10.8 Å². The molecule has 1 N–H and O–H groups in total. The van der Waals surface area contributed by atoms with Gasteiger partial charge in [-0.15, -0.1) is 0 Å². The molecule has 2 aromatic carbocycles. The molecule has 7 heteroatoms. The standard InChI is InChI=1S/C18H12N2O5/c21-15-13(9-10-5-1-4-8-14(10)19-15)18(24)25-20-16(22)11-6-2-3-7-12(11)17(20)23/h1-8,13H,9H2,(H,19,21). The Morgan fingerprint density at radius 3 is 2.24 bits per heavy atom. The Hall–Kier alpha value is -3.48. The van der Waals surface area contributed by atoms with E-state index in [9.17, 15) is 19.2 Å². The normalized spacial score (nSPS) is 18.5. The number of nitrogens with one attached hydrogen (secondary N) is 1. The number of carbonyl (C=O) groups excluding carboxylic acids is 4. The molecule has 25 heavy (non-hydrogen) atoms. The van der Waals surface area contributed by atoms with Crippen molar-refractivity contribution in [3.05, 3.63) is 65.2 Å². The number of rotatable bonds is 2. The summed E-state index contributed by atoms with van der Waals surface area (Å²) >= 11 is 0. The molecule has 0 aliphatic carbocycles. The molecule has 0 aromatic heterocycles. The molecule has 0 bridgehead atoms. The molecular weight excluding hydrogens is 324 g/mol. The van der Waals surface area contributed by atoms with Crippen LogP contribution in [0.3, 0.4) is 0 Å². The highest BCUT2D eigenvalue weighted by molar-refractivity contribution is 6.21. The van der Waals surface area contributed by atoms with Gasteiger partial charge in [-0.2, -0.15) is 0 Å². The number of hydroxylamine groups is 2. The zero-order valence-electron chi connectivity index (χ0n) is 12.9. The second-order valence-corrected chi connectivity index (χ2v) is 5.76. The highest BCUT2D eigenvalue weighted by atomic mass is 16.7. The van der Waals surface area contributed by atoms with Crippen LogP contribution in [-0.4, -0.2) is 28.8 Å². The van der Waals surface area contributed by atoms with Crippen molar-refractivity contribution in [2.75, 3.05) is 5.32 Å². The van der Waals surface area contributed by atoms with Crippen LogP contribution in [0.4, 0.5) is 5.69 Å². The molecule has 0 radical (unpaired) electrons. The Balaban J connectivity index is 1.55. The fourth-order valence-corrected chi connectivity index (χ4v) is 2.95. The molecule has 2 aliphatic rings. The summed E-state index contributed by atoms with van der Waals surface area (Å²) in [7, 11) is 0. The molecule has 0 saturated heterocycles. The Labute approximate surface area is 142 Å². The molecule has 124 valence electrons. The molecule has 7 nitrogen and oxygen atoms in total. The van der Waals surface area contributed by atoms with Crippen molar-refractivity contribution in [3.63, 3.8) is 0 Å². The topological polar surface area (TPSA) is 92.8 Å². The number of imide groups is 1. The first-order valence-corrected chi connectivity index (χ1v) is 7.64. The van der Waals surface area contributed by atoms with Crippen molar-refractivity contribution in [2.24, 2.45) is 5.92 Å². The maximum absolute atomic E-state index is 12.4. The van der Waals surface area contributed by atoms with Gasteiger partial charge in [0.1, 0.15) is 5.92 Å². The van der Waals surface area contributed by atoms with Gasteiger partial charge in [-0.3, -0.25) is 14.4 Å². The van der Waals surface area contributed by atoms with E-state index in [-0.39, 0.29) is 17.5 Å². The second-order valence-electron chi connectivity index (χ2n) is 5.76. The van der Waals surface area contributed by atoms with Crippen molar-refractivity contribution in [3.8, 4) is 0 Å². The third-order valence-electron chi connectivity index (χ3n) is 4.24. The van der Waals surface area contributed by atoms with Gasteiger partial charge in [0.2, 0.25) is 5.91 Å². The Bertz CT molecular complexity index is 902. The van der Waals surface area contributed by atoms with Crippen LogP contribution < -0.4 is 5.32 Å². The maximum Gasteiger partial charge on any atom is 0.345 e. The van der Waals surface area contributed by atoms with Gasteiger partial charge in [0.05, 0.1) is 11.1 Å². The van der Waals surface area contributed by atoms with Crippen LogP contribution in [0.5, 0.6) is 0 Å². The van der Waals surface area contributed by atoms with Crippen LogP contribution in [0.25, 0.3) is 0 Å². The summed E-state index contributed by atoms with van der Waals surface area (Å²) in [5.74, 6) is -4.03. The molecule has 0 spiro atoms. The Kier molecular flexibility index (Phi) is 3.35. The average Bonchev–Trinajstić information content (AvgIpc) is 2.86. The number of hydrogen-bond donors (Lipinski definition) is 1. The van der Waals surface area contributed by atoms with E-state index in [4.69, 9.17) is 4.84 Å². The predicted octanol–water partition coefficient (Wildman–Crippen LogP) is 1.55. The lowest BCUT2D eigenvalue weighted by atomic mass is 9.93. The SMILES string of the molecule is O=C1Nc2ccccc2CC1C(=O)ON1C(=O)c2ccccc2C1=O. The fourth-order valence-electron chi connectivity index (χ4n) is 2.95. The second kappa shape index (κ2) is 5.55. The molecule has 4 rings (SSSR count). The van der Waals surface area contributed by atoms with Gasteiger partial charge in [0, 0.05) is 5.69 Å². The first-order valence-electron chi connectivity index (χ1n) is 7.64. The summed E-state index contributed by atoms with van der Waals surface area (Å²) in [5.41, 5.74) is 1.75. The fraction of sp³-hybridized carbons (Fsp3) is 0.111. The van der Waals surface area contributed by atoms with E-state index in [2.05, 4.69) is 5.32 Å². The van der Waals surface area contributed by atoms with E-state index < -0.39 is 29.6 Å². The van der Waals surface area contributed by atoms with E-state index >= 15 is 0 Å². The predicted molar refractivity (Wildman–Crippen MR) is 85.3 cm³/mol. The number of carbonyl (C=O) groups is 4. The molecule has 1 unspecified atom stereocenters. The minimum Gasteiger partial charge on any atom is -0.329 e. The van der Waals surface area contributed by atoms with Gasteiger partial charge >= 0.3 is 5.97 Å². The minimum absolute atomic E-state index is 0.143. The third-order valence-corrected chi connectivity index (χ3v) is 4.24. The van der Waals surface area contributed by atoms with Gasteiger partial charge < -0.3 is 10.2 Å². The van der Waals surface area contributed by atoms with Crippen LogP contribution in [0.1, 0.15) is 26.3 Å². The van der Waals surface area contributed by atoms with E-state index in [1.54, 1.807) is 36.4 Å². The number of fused-ring (bicyclic) bond motifs is 2. The first-order chi connectivity index (χ1) is 12.1. The number of benzene rings is 2. The number of para-hydroxylation sites is 1. The first kappa shape index (κ1) is 15.1. The zero-order chi connectivity index (χ0) is 17.6. The van der Waals surface area contributed by atoms with E-state index in [0.717, 1.165) is 5.56 Å². The summed E-state index contributed by atoms with van der Waals surface area (Å²) in [5, 5.41) is 3.04. The number of hydrogen-bond acceptors (Lipinski definition) is 5. The van der Waals surface area contributed by atoms with Crippen molar-refractivity contribution < 1.29 is 24.0 Å². The number of nitrogens with zero attached hydrogens (tertiary/aromatic N) is 1. The Morgan fingerprint density at radius 1 is 0.960 bits per heavy atom. The monoisotopic (exact) mass is 336 g/mol. The van der Waals surface area contributed by atoms with Gasteiger partial charge in [0.25, 0.3) is 11.8 Å². The van der Waals surface area contributed by atoms with E-state index in [1.807, 2.05) is 0 Å². The lowest BCUT2D eigenvalue weighted by molar-refractivity contribution is -0.174. The third kappa shape index (κ3) is 2.37. The molecule has 2 heterocycles. The lowest BCUT2D eigenvalue weighted by Gasteiger charge is -2.24. The van der Waals surface area contributed by atoms with Crippen LogP contribution in [0, 0.1) is 5.92 Å². The maximum atomic E-state index is 12.4. The van der Waals surface area contributed by atoms with Gasteiger partial charge in [-0.05, 0) is 30.2 Å². The summed E-state index contributed by atoms with van der Waals surface area (Å²) in [6, 6.07) is 13.3. The molecular formula is C18H12N2O5. The largest absolute Gasteiger partial charge is 0.345 e. The molecule has 2 aromatic rings. The van der Waals surface area contributed by atoms with Crippen LogP contribution >= 0.6 is 0 Å². The number of amides is 3. The summed E-state index contributed by atoms with van der Waals surface area (Å²) < 4.78 is 0. The summed E-state index contributed by atoms with van der Waals surface area (Å²) in [4.78, 5) is 54.0. The zero-order valence-corrected chi connectivity index (χ0v) is 12.9. The smallest absolute Gasteiger partial charge is 0.329 e. The van der Waals surface area contributed by atoms with Gasteiger partial charge in [0.15, 0.2) is 0 Å². The van der Waals surface area contributed by atoms with Gasteiger partial charge in [-0.1, -0.05) is 35.4 Å². The number of anilines is 1. The lowest BCUT2D eigenvalue weighted by Crippen LogP contribution is -2.41. The Morgan fingerprint density at radius 2 is 1.56 bits per heavy atom. The molecule has 2 aliphatic heterocycles.